The molecule has 0 heterocycles. The van der Waals surface area contributed by atoms with Crippen LogP contribution in [0.2, 0.25) is 0 Å². The molecule has 0 amide bonds. The summed E-state index contributed by atoms with van der Waals surface area (Å²) in [4.78, 5) is 0. The van der Waals surface area contributed by atoms with Gasteiger partial charge < -0.3 is 11.1 Å². The summed E-state index contributed by atoms with van der Waals surface area (Å²) in [5.41, 5.74) is 5.71. The Labute approximate surface area is 82.3 Å². The zero-order chi connectivity index (χ0) is 9.68. The Morgan fingerprint density at radius 3 is 2.54 bits per heavy atom. The van der Waals surface area contributed by atoms with Crippen molar-refractivity contribution in [3.63, 3.8) is 0 Å². The van der Waals surface area contributed by atoms with Crippen LogP contribution in [0.4, 0.5) is 0 Å². The molecule has 13 heavy (non-hydrogen) atoms. The molecule has 0 aromatic heterocycles. The molecular weight excluding hydrogens is 160 g/mol. The molecule has 0 radical (unpaired) electrons. The molecule has 2 heteroatoms. The SMILES string of the molecule is CC(C)CC(CN)CNCC1CC1. The molecule has 1 saturated carbocycles. The molecule has 1 rings (SSSR count). The molecule has 1 aliphatic carbocycles. The van der Waals surface area contributed by atoms with Crippen molar-refractivity contribution in [2.24, 2.45) is 23.5 Å². The molecular formula is C11H24N2. The van der Waals surface area contributed by atoms with Gasteiger partial charge in [-0.2, -0.15) is 0 Å². The van der Waals surface area contributed by atoms with Crippen LogP contribution >= 0.6 is 0 Å². The van der Waals surface area contributed by atoms with Crippen molar-refractivity contribution in [2.45, 2.75) is 33.1 Å². The Kier molecular flexibility index (Phi) is 4.74. The average molecular weight is 184 g/mol. The molecule has 0 saturated heterocycles. The van der Waals surface area contributed by atoms with Gasteiger partial charge in [0, 0.05) is 0 Å². The van der Waals surface area contributed by atoms with E-state index in [9.17, 15) is 0 Å². The summed E-state index contributed by atoms with van der Waals surface area (Å²) < 4.78 is 0. The average Bonchev–Trinajstić information content (AvgIpc) is 2.85. The van der Waals surface area contributed by atoms with Gasteiger partial charge in [-0.3, -0.25) is 0 Å². The van der Waals surface area contributed by atoms with E-state index >= 15 is 0 Å². The van der Waals surface area contributed by atoms with Gasteiger partial charge in [0.1, 0.15) is 0 Å². The molecule has 1 fully saturated rings. The van der Waals surface area contributed by atoms with Gasteiger partial charge >= 0.3 is 0 Å². The maximum atomic E-state index is 5.71. The van der Waals surface area contributed by atoms with Crippen LogP contribution in [-0.4, -0.2) is 19.6 Å². The van der Waals surface area contributed by atoms with Crippen molar-refractivity contribution in [1.82, 2.24) is 5.32 Å². The second-order valence-electron chi connectivity index (χ2n) is 4.83. The normalized spacial score (nSPS) is 19.4. The summed E-state index contributed by atoms with van der Waals surface area (Å²) >= 11 is 0. The first kappa shape index (κ1) is 11.0. The van der Waals surface area contributed by atoms with Gasteiger partial charge in [0.25, 0.3) is 0 Å². The molecule has 1 atom stereocenters. The second kappa shape index (κ2) is 5.61. The van der Waals surface area contributed by atoms with E-state index in [1.165, 1.54) is 25.8 Å². The van der Waals surface area contributed by atoms with E-state index in [-0.39, 0.29) is 0 Å². The fourth-order valence-corrected chi connectivity index (χ4v) is 1.74. The van der Waals surface area contributed by atoms with Crippen molar-refractivity contribution < 1.29 is 0 Å². The highest BCUT2D eigenvalue weighted by atomic mass is 14.9. The van der Waals surface area contributed by atoms with Gasteiger partial charge in [-0.1, -0.05) is 13.8 Å². The van der Waals surface area contributed by atoms with Crippen LogP contribution in [0.5, 0.6) is 0 Å². The van der Waals surface area contributed by atoms with E-state index in [0.29, 0.717) is 5.92 Å². The van der Waals surface area contributed by atoms with Gasteiger partial charge in [-0.15, -0.1) is 0 Å². The second-order valence-corrected chi connectivity index (χ2v) is 4.83. The van der Waals surface area contributed by atoms with Gasteiger partial charge in [0.05, 0.1) is 0 Å². The molecule has 0 aliphatic heterocycles. The van der Waals surface area contributed by atoms with Crippen molar-refractivity contribution in [1.29, 1.82) is 0 Å². The van der Waals surface area contributed by atoms with Crippen LogP contribution < -0.4 is 11.1 Å². The Hall–Kier alpha value is -0.0800. The van der Waals surface area contributed by atoms with Crippen LogP contribution in [0, 0.1) is 17.8 Å². The molecule has 0 aromatic carbocycles. The number of hydrogen-bond acceptors (Lipinski definition) is 2. The van der Waals surface area contributed by atoms with E-state index < -0.39 is 0 Å². The Balaban J connectivity index is 2.00. The summed E-state index contributed by atoms with van der Waals surface area (Å²) in [6.07, 6.45) is 4.13. The highest BCUT2D eigenvalue weighted by Gasteiger charge is 2.20. The van der Waals surface area contributed by atoms with E-state index in [0.717, 1.165) is 24.9 Å². The van der Waals surface area contributed by atoms with Gasteiger partial charge in [0.2, 0.25) is 0 Å². The highest BCUT2D eigenvalue weighted by Crippen LogP contribution is 2.27. The number of nitrogens with two attached hydrogens (primary N) is 1. The monoisotopic (exact) mass is 184 g/mol. The fourth-order valence-electron chi connectivity index (χ4n) is 1.74. The van der Waals surface area contributed by atoms with Crippen molar-refractivity contribution in [2.75, 3.05) is 19.6 Å². The highest BCUT2D eigenvalue weighted by molar-refractivity contribution is 4.76. The Bertz CT molecular complexity index is 130. The topological polar surface area (TPSA) is 38.0 Å². The zero-order valence-electron chi connectivity index (χ0n) is 9.05. The van der Waals surface area contributed by atoms with E-state index in [2.05, 4.69) is 19.2 Å². The molecule has 0 bridgehead atoms. The minimum atomic E-state index is 0.679. The van der Waals surface area contributed by atoms with Crippen molar-refractivity contribution >= 4 is 0 Å². The van der Waals surface area contributed by atoms with Crippen LogP contribution in [0.25, 0.3) is 0 Å². The summed E-state index contributed by atoms with van der Waals surface area (Å²) in [6.45, 7) is 7.70. The smallest absolute Gasteiger partial charge is 0.000824 e. The van der Waals surface area contributed by atoms with Crippen LogP contribution in [0.3, 0.4) is 0 Å². The summed E-state index contributed by atoms with van der Waals surface area (Å²) in [5.74, 6) is 2.44. The molecule has 0 spiro atoms. The first-order valence-electron chi connectivity index (χ1n) is 5.63. The van der Waals surface area contributed by atoms with Crippen LogP contribution in [0.1, 0.15) is 33.1 Å². The molecule has 3 N–H and O–H groups in total. The third-order valence-corrected chi connectivity index (χ3v) is 2.70. The summed E-state index contributed by atoms with van der Waals surface area (Å²) in [6, 6.07) is 0. The summed E-state index contributed by atoms with van der Waals surface area (Å²) in [7, 11) is 0. The number of rotatable bonds is 7. The van der Waals surface area contributed by atoms with E-state index in [4.69, 9.17) is 5.73 Å². The lowest BCUT2D eigenvalue weighted by Crippen LogP contribution is -2.30. The predicted molar refractivity (Wildman–Crippen MR) is 57.6 cm³/mol. The largest absolute Gasteiger partial charge is 0.330 e. The molecule has 78 valence electrons. The number of hydrogen-bond donors (Lipinski definition) is 2. The molecule has 1 unspecified atom stereocenters. The van der Waals surface area contributed by atoms with E-state index in [1.54, 1.807) is 0 Å². The van der Waals surface area contributed by atoms with Crippen molar-refractivity contribution in [3.8, 4) is 0 Å². The minimum Gasteiger partial charge on any atom is -0.330 e. The lowest BCUT2D eigenvalue weighted by Gasteiger charge is -2.17. The third kappa shape index (κ3) is 5.27. The van der Waals surface area contributed by atoms with E-state index in [1.807, 2.05) is 0 Å². The fraction of sp³-hybridized carbons (Fsp3) is 1.00. The van der Waals surface area contributed by atoms with Crippen molar-refractivity contribution in [3.05, 3.63) is 0 Å². The maximum Gasteiger partial charge on any atom is -0.000824 e. The number of nitrogens with one attached hydrogen (secondary N) is 1. The lowest BCUT2D eigenvalue weighted by molar-refractivity contribution is 0.392. The Morgan fingerprint density at radius 1 is 1.38 bits per heavy atom. The first-order chi connectivity index (χ1) is 6.22. The van der Waals surface area contributed by atoms with Crippen LogP contribution in [0.15, 0.2) is 0 Å². The zero-order valence-corrected chi connectivity index (χ0v) is 9.05. The lowest BCUT2D eigenvalue weighted by atomic mass is 9.97. The third-order valence-electron chi connectivity index (χ3n) is 2.70. The summed E-state index contributed by atoms with van der Waals surface area (Å²) in [5, 5.41) is 3.52. The van der Waals surface area contributed by atoms with Crippen LogP contribution in [-0.2, 0) is 0 Å². The van der Waals surface area contributed by atoms with Gasteiger partial charge in [-0.05, 0) is 56.7 Å². The quantitative estimate of drug-likeness (QED) is 0.631. The minimum absolute atomic E-state index is 0.679. The first-order valence-corrected chi connectivity index (χ1v) is 5.63. The Morgan fingerprint density at radius 2 is 2.08 bits per heavy atom. The maximum absolute atomic E-state index is 5.71. The molecule has 1 aliphatic rings. The molecule has 2 nitrogen and oxygen atoms in total. The predicted octanol–water partition coefficient (Wildman–Crippen LogP) is 1.61. The van der Waals surface area contributed by atoms with Gasteiger partial charge in [-0.25, -0.2) is 0 Å². The molecule has 0 aromatic rings. The standard InChI is InChI=1S/C11H24N2/c1-9(2)5-11(6-12)8-13-7-10-3-4-10/h9-11,13H,3-8,12H2,1-2H3. The van der Waals surface area contributed by atoms with Gasteiger partial charge in [0.15, 0.2) is 0 Å².